The Balaban J connectivity index is 1.10. The molecule has 0 saturated carbocycles. The van der Waals surface area contributed by atoms with Crippen LogP contribution in [0.25, 0.3) is 0 Å². The number of para-hydroxylation sites is 1. The molecule has 0 radical (unpaired) electrons. The summed E-state index contributed by atoms with van der Waals surface area (Å²) < 4.78 is 5.78. The lowest BCUT2D eigenvalue weighted by Gasteiger charge is -2.18. The molecule has 4 aromatic carbocycles. The molecule has 0 unspecified atom stereocenters. The first kappa shape index (κ1) is 35.0. The van der Waals surface area contributed by atoms with E-state index in [4.69, 9.17) is 4.74 Å². The first-order chi connectivity index (χ1) is 23.0. The highest BCUT2D eigenvalue weighted by Crippen LogP contribution is 2.22. The van der Waals surface area contributed by atoms with Gasteiger partial charge in [-0.15, -0.1) is 0 Å². The number of ketones is 1. The van der Waals surface area contributed by atoms with Crippen LogP contribution in [-0.4, -0.2) is 42.0 Å². The van der Waals surface area contributed by atoms with E-state index in [1.807, 2.05) is 18.2 Å². The van der Waals surface area contributed by atoms with Crippen LogP contribution in [0.15, 0.2) is 109 Å². The maximum absolute atomic E-state index is 13.1. The summed E-state index contributed by atoms with van der Waals surface area (Å²) in [6.45, 7) is 0.772. The fraction of sp³-hybridized carbons (Fsp3) is 0.325. The minimum atomic E-state index is -1.02. The summed E-state index contributed by atoms with van der Waals surface area (Å²) in [5.41, 5.74) is 3.65. The Morgan fingerprint density at radius 1 is 0.660 bits per heavy atom. The van der Waals surface area contributed by atoms with Crippen LogP contribution in [0.3, 0.4) is 0 Å². The van der Waals surface area contributed by atoms with Crippen LogP contribution in [0.4, 0.5) is 5.69 Å². The number of hydrogen-bond donors (Lipinski definition) is 3. The predicted molar refractivity (Wildman–Crippen MR) is 187 cm³/mol. The number of aryl methyl sites for hydroxylation is 1. The summed E-state index contributed by atoms with van der Waals surface area (Å²) >= 11 is 0. The number of benzene rings is 4. The summed E-state index contributed by atoms with van der Waals surface area (Å²) in [6, 6.07) is 32.8. The lowest BCUT2D eigenvalue weighted by molar-refractivity contribution is -0.137. The van der Waals surface area contributed by atoms with E-state index in [0.29, 0.717) is 42.1 Å². The van der Waals surface area contributed by atoms with Gasteiger partial charge < -0.3 is 20.5 Å². The third kappa shape index (κ3) is 12.4. The molecule has 3 N–H and O–H groups in total. The largest absolute Gasteiger partial charge is 0.492 e. The maximum atomic E-state index is 13.1. The van der Waals surface area contributed by atoms with Crippen LogP contribution in [0.2, 0.25) is 0 Å². The molecular formula is C40H46N2O5. The van der Waals surface area contributed by atoms with Crippen LogP contribution in [-0.2, 0) is 22.4 Å². The molecule has 0 bridgehead atoms. The van der Waals surface area contributed by atoms with Crippen LogP contribution >= 0.6 is 0 Å². The number of aliphatic carboxylic acids is 1. The van der Waals surface area contributed by atoms with Crippen molar-refractivity contribution >= 4 is 23.3 Å². The summed E-state index contributed by atoms with van der Waals surface area (Å²) in [4.78, 5) is 37.4. The van der Waals surface area contributed by atoms with Crippen molar-refractivity contribution < 1.29 is 24.2 Å². The molecule has 4 aromatic rings. The van der Waals surface area contributed by atoms with E-state index in [-0.39, 0.29) is 18.1 Å². The lowest BCUT2D eigenvalue weighted by atomic mass is 10.00. The van der Waals surface area contributed by atoms with Crippen molar-refractivity contribution in [3.05, 3.63) is 131 Å². The molecule has 4 rings (SSSR count). The highest BCUT2D eigenvalue weighted by atomic mass is 16.5. The van der Waals surface area contributed by atoms with E-state index in [2.05, 4.69) is 41.0 Å². The summed E-state index contributed by atoms with van der Waals surface area (Å²) in [5.74, 6) is -0.499. The fourth-order valence-corrected chi connectivity index (χ4v) is 5.49. The van der Waals surface area contributed by atoms with Crippen molar-refractivity contribution in [2.45, 2.75) is 70.3 Å². The number of ether oxygens (including phenoxy) is 1. The number of carbonyl (C=O) groups is 3. The Hall–Kier alpha value is -4.91. The second-order valence-electron chi connectivity index (χ2n) is 11.8. The number of amides is 1. The second kappa shape index (κ2) is 19.6. The van der Waals surface area contributed by atoms with Gasteiger partial charge in [0.05, 0.1) is 6.54 Å². The topological polar surface area (TPSA) is 105 Å². The molecule has 0 fully saturated rings. The first-order valence-corrected chi connectivity index (χ1v) is 16.7. The minimum absolute atomic E-state index is 0.0473. The van der Waals surface area contributed by atoms with E-state index in [9.17, 15) is 19.5 Å². The number of nitrogens with one attached hydrogen (secondary N) is 2. The molecule has 0 aromatic heterocycles. The first-order valence-electron chi connectivity index (χ1n) is 16.7. The van der Waals surface area contributed by atoms with Crippen molar-refractivity contribution in [1.29, 1.82) is 0 Å². The van der Waals surface area contributed by atoms with E-state index in [1.54, 1.807) is 60.7 Å². The smallest absolute Gasteiger partial charge is 0.326 e. The Bertz CT molecular complexity index is 1520. The van der Waals surface area contributed by atoms with Gasteiger partial charge in [-0.2, -0.15) is 0 Å². The Kier molecular flexibility index (Phi) is 14.6. The predicted octanol–water partition coefficient (Wildman–Crippen LogP) is 7.88. The van der Waals surface area contributed by atoms with Crippen LogP contribution in [0, 0.1) is 0 Å². The zero-order valence-corrected chi connectivity index (χ0v) is 27.0. The maximum Gasteiger partial charge on any atom is 0.326 e. The Labute approximate surface area is 278 Å². The standard InChI is InChI=1S/C40H46N2O5/c43-38(23-13-5-3-1-2-4-8-16-31-17-9-6-10-18-31)41-28-29-47-34-26-24-32(25-27-34)30-37(40(45)46)42-36-22-15-14-21-35(36)39(44)33-19-11-7-12-20-33/h6-7,9-12,14-15,17-22,24-27,37,42H,1-5,8,13,16,23,28-30H2,(H,41,43)(H,45,46)/t37-/m0/s1. The van der Waals surface area contributed by atoms with Crippen LogP contribution in [0.5, 0.6) is 5.75 Å². The molecule has 47 heavy (non-hydrogen) atoms. The van der Waals surface area contributed by atoms with Crippen molar-refractivity contribution in [3.63, 3.8) is 0 Å². The van der Waals surface area contributed by atoms with Crippen LogP contribution in [0.1, 0.15) is 78.4 Å². The molecule has 0 aliphatic rings. The number of unbranched alkanes of at least 4 members (excludes halogenated alkanes) is 6. The molecule has 0 aliphatic heterocycles. The van der Waals surface area contributed by atoms with Gasteiger partial charge in [0.25, 0.3) is 0 Å². The van der Waals surface area contributed by atoms with E-state index < -0.39 is 12.0 Å². The molecule has 0 saturated heterocycles. The summed E-state index contributed by atoms with van der Waals surface area (Å²) in [6.07, 6.45) is 10.0. The zero-order valence-electron chi connectivity index (χ0n) is 27.0. The summed E-state index contributed by atoms with van der Waals surface area (Å²) in [7, 11) is 0. The SMILES string of the molecule is O=C(CCCCCCCCCc1ccccc1)NCCOc1ccc(C[C@H](Nc2ccccc2C(=O)c2ccccc2)C(=O)O)cc1. The Morgan fingerprint density at radius 2 is 1.28 bits per heavy atom. The van der Waals surface area contributed by atoms with Crippen LogP contribution < -0.4 is 15.4 Å². The van der Waals surface area contributed by atoms with Gasteiger partial charge in [0.1, 0.15) is 18.4 Å². The highest BCUT2D eigenvalue weighted by molar-refractivity contribution is 6.12. The number of hydrogen-bond acceptors (Lipinski definition) is 5. The average molecular weight is 635 g/mol. The third-order valence-electron chi connectivity index (χ3n) is 8.10. The monoisotopic (exact) mass is 634 g/mol. The van der Waals surface area contributed by atoms with E-state index in [0.717, 1.165) is 24.8 Å². The lowest BCUT2D eigenvalue weighted by Crippen LogP contribution is -2.32. The van der Waals surface area contributed by atoms with Gasteiger partial charge in [-0.05, 0) is 54.7 Å². The molecule has 0 aliphatic carbocycles. The van der Waals surface area contributed by atoms with Gasteiger partial charge >= 0.3 is 5.97 Å². The van der Waals surface area contributed by atoms with Crippen molar-refractivity contribution in [3.8, 4) is 5.75 Å². The molecule has 0 heterocycles. The van der Waals surface area contributed by atoms with Crippen molar-refractivity contribution in [2.75, 3.05) is 18.5 Å². The molecule has 1 atom stereocenters. The average Bonchev–Trinajstić information content (AvgIpc) is 3.10. The van der Waals surface area contributed by atoms with Gasteiger partial charge in [0, 0.05) is 29.7 Å². The fourth-order valence-electron chi connectivity index (χ4n) is 5.49. The van der Waals surface area contributed by atoms with Gasteiger partial charge in [-0.3, -0.25) is 9.59 Å². The number of carboxylic acids is 1. The van der Waals surface area contributed by atoms with E-state index in [1.165, 1.54) is 37.7 Å². The number of anilines is 1. The van der Waals surface area contributed by atoms with E-state index >= 15 is 0 Å². The van der Waals surface area contributed by atoms with Gasteiger partial charge in [0.15, 0.2) is 5.78 Å². The molecule has 0 spiro atoms. The van der Waals surface area contributed by atoms with Gasteiger partial charge in [-0.1, -0.05) is 117 Å². The number of carboxylic acid groups (broad SMARTS) is 1. The molecular weight excluding hydrogens is 588 g/mol. The zero-order chi connectivity index (χ0) is 33.1. The molecule has 7 nitrogen and oxygen atoms in total. The van der Waals surface area contributed by atoms with Gasteiger partial charge in [0.2, 0.25) is 5.91 Å². The quantitative estimate of drug-likeness (QED) is 0.0636. The number of carbonyl (C=O) groups excluding carboxylic acids is 2. The second-order valence-corrected chi connectivity index (χ2v) is 11.8. The molecule has 246 valence electrons. The van der Waals surface area contributed by atoms with Gasteiger partial charge in [-0.25, -0.2) is 4.79 Å². The Morgan fingerprint density at radius 3 is 1.98 bits per heavy atom. The molecule has 7 heteroatoms. The van der Waals surface area contributed by atoms with Crippen molar-refractivity contribution in [1.82, 2.24) is 5.32 Å². The number of rotatable bonds is 21. The minimum Gasteiger partial charge on any atom is -0.492 e. The molecule has 1 amide bonds. The summed E-state index contributed by atoms with van der Waals surface area (Å²) in [5, 5.41) is 15.9. The van der Waals surface area contributed by atoms with Crippen molar-refractivity contribution in [2.24, 2.45) is 0 Å². The normalized spacial score (nSPS) is 11.4. The highest BCUT2D eigenvalue weighted by Gasteiger charge is 2.21. The third-order valence-corrected chi connectivity index (χ3v) is 8.10.